The van der Waals surface area contributed by atoms with Gasteiger partial charge in [-0.1, -0.05) is 0 Å². The summed E-state index contributed by atoms with van der Waals surface area (Å²) >= 11 is 0. The van der Waals surface area contributed by atoms with Crippen LogP contribution in [0.2, 0.25) is 0 Å². The van der Waals surface area contributed by atoms with Crippen molar-refractivity contribution in [2.24, 2.45) is 0 Å². The maximum Gasteiger partial charge on any atom is 0.311 e. The average Bonchev–Trinajstić information content (AvgIpc) is 2.52. The smallest absolute Gasteiger partial charge is 0.311 e. The molecule has 0 bridgehead atoms. The van der Waals surface area contributed by atoms with Gasteiger partial charge in [-0.2, -0.15) is 0 Å². The lowest BCUT2D eigenvalue weighted by Gasteiger charge is -2.09. The minimum atomic E-state index is -0.486. The molecule has 0 aliphatic rings. The topological polar surface area (TPSA) is 86.5 Å². The fraction of sp³-hybridized carbons (Fsp3) is 0.214. The zero-order valence-corrected chi connectivity index (χ0v) is 11.7. The predicted octanol–water partition coefficient (Wildman–Crippen LogP) is 2.62. The first-order valence-electron chi connectivity index (χ1n) is 6.22. The van der Waals surface area contributed by atoms with Gasteiger partial charge in [-0.15, -0.1) is 0 Å². The lowest BCUT2D eigenvalue weighted by molar-refractivity contribution is -0.386. The summed E-state index contributed by atoms with van der Waals surface area (Å²) in [4.78, 5) is 14.6. The van der Waals surface area contributed by atoms with E-state index in [0.717, 1.165) is 5.56 Å². The largest absolute Gasteiger partial charge is 0.497 e. The van der Waals surface area contributed by atoms with Crippen LogP contribution in [0.4, 0.5) is 11.5 Å². The van der Waals surface area contributed by atoms with Crippen LogP contribution >= 0.6 is 0 Å². The molecule has 0 spiro atoms. The summed E-state index contributed by atoms with van der Waals surface area (Å²) in [6, 6.07) is 7.98. The molecule has 7 heteroatoms. The molecular weight excluding hydrogens is 274 g/mol. The molecule has 7 nitrogen and oxygen atoms in total. The van der Waals surface area contributed by atoms with Crippen LogP contribution in [0.1, 0.15) is 5.56 Å². The third kappa shape index (κ3) is 3.59. The summed E-state index contributed by atoms with van der Waals surface area (Å²) in [7, 11) is 3.26. The Kier molecular flexibility index (Phi) is 4.55. The van der Waals surface area contributed by atoms with Gasteiger partial charge in [0.1, 0.15) is 18.2 Å². The van der Waals surface area contributed by atoms with Crippen molar-refractivity contribution in [2.75, 3.05) is 19.5 Å². The molecule has 0 amide bonds. The average molecular weight is 289 g/mol. The summed E-state index contributed by atoms with van der Waals surface area (Å²) in [5.41, 5.74) is 0.755. The molecular formula is C14H15N3O4. The quantitative estimate of drug-likeness (QED) is 0.649. The Balaban J connectivity index is 2.19. The molecule has 0 aliphatic heterocycles. The second-order valence-corrected chi connectivity index (χ2v) is 4.18. The van der Waals surface area contributed by atoms with Gasteiger partial charge < -0.3 is 14.8 Å². The molecule has 1 aromatic carbocycles. The van der Waals surface area contributed by atoms with Gasteiger partial charge >= 0.3 is 5.69 Å². The third-order valence-electron chi connectivity index (χ3n) is 2.84. The Morgan fingerprint density at radius 2 is 2.14 bits per heavy atom. The molecule has 1 N–H and O–H groups in total. The normalized spacial score (nSPS) is 10.0. The summed E-state index contributed by atoms with van der Waals surface area (Å²) in [6.07, 6.45) is 1.64. The maximum atomic E-state index is 11.0. The van der Waals surface area contributed by atoms with Crippen molar-refractivity contribution in [1.29, 1.82) is 0 Å². The third-order valence-corrected chi connectivity index (χ3v) is 2.84. The highest BCUT2D eigenvalue weighted by Crippen LogP contribution is 2.31. The van der Waals surface area contributed by atoms with Gasteiger partial charge in [0.15, 0.2) is 0 Å². The van der Waals surface area contributed by atoms with E-state index in [9.17, 15) is 10.1 Å². The summed E-state index contributed by atoms with van der Waals surface area (Å²) < 4.78 is 10.6. The summed E-state index contributed by atoms with van der Waals surface area (Å²) in [6.45, 7) is 0.200. The number of hydrogen-bond donors (Lipinski definition) is 1. The van der Waals surface area contributed by atoms with Crippen LogP contribution < -0.4 is 14.8 Å². The van der Waals surface area contributed by atoms with E-state index in [2.05, 4.69) is 10.3 Å². The maximum absolute atomic E-state index is 11.0. The number of pyridine rings is 1. The van der Waals surface area contributed by atoms with Crippen molar-refractivity contribution in [3.63, 3.8) is 0 Å². The lowest BCUT2D eigenvalue weighted by atomic mass is 10.2. The molecule has 0 saturated heterocycles. The van der Waals surface area contributed by atoms with Crippen molar-refractivity contribution in [3.05, 3.63) is 52.2 Å². The summed E-state index contributed by atoms with van der Waals surface area (Å²) in [5, 5.41) is 13.9. The highest BCUT2D eigenvalue weighted by molar-refractivity contribution is 5.50. The Labute approximate surface area is 121 Å². The minimum Gasteiger partial charge on any atom is -0.497 e. The van der Waals surface area contributed by atoms with Crippen LogP contribution in [0.15, 0.2) is 36.5 Å². The zero-order chi connectivity index (χ0) is 15.2. The molecule has 0 unspecified atom stereocenters. The van der Waals surface area contributed by atoms with E-state index >= 15 is 0 Å². The molecule has 2 rings (SSSR count). The number of ether oxygens (including phenoxy) is 2. The molecule has 0 radical (unpaired) electrons. The lowest BCUT2D eigenvalue weighted by Crippen LogP contribution is -2.01. The molecule has 110 valence electrons. The van der Waals surface area contributed by atoms with Crippen LogP contribution in [0.5, 0.6) is 11.5 Å². The first-order chi connectivity index (χ1) is 10.1. The number of methoxy groups -OCH3 is 1. The summed E-state index contributed by atoms with van der Waals surface area (Å²) in [5.74, 6) is 1.37. The van der Waals surface area contributed by atoms with Crippen molar-refractivity contribution in [1.82, 2.24) is 4.98 Å². The number of nitrogens with one attached hydrogen (secondary N) is 1. The molecule has 0 fully saturated rings. The van der Waals surface area contributed by atoms with Crippen LogP contribution in [-0.4, -0.2) is 24.1 Å². The van der Waals surface area contributed by atoms with E-state index in [1.54, 1.807) is 19.3 Å². The van der Waals surface area contributed by atoms with E-state index in [4.69, 9.17) is 9.47 Å². The number of nitro benzene ring substituents is 1. The van der Waals surface area contributed by atoms with Gasteiger partial charge in [-0.05, 0) is 23.8 Å². The fourth-order valence-electron chi connectivity index (χ4n) is 1.75. The Morgan fingerprint density at radius 3 is 2.81 bits per heavy atom. The van der Waals surface area contributed by atoms with Crippen molar-refractivity contribution in [2.45, 2.75) is 6.61 Å². The number of aromatic nitrogens is 1. The number of nitro groups is 1. The SMILES string of the molecule is CNc1cc(COc2cc(OC)ccc2[N+](=O)[O-])ccn1. The first kappa shape index (κ1) is 14.6. The number of rotatable bonds is 6. The molecule has 0 atom stereocenters. The molecule has 21 heavy (non-hydrogen) atoms. The van der Waals surface area contributed by atoms with E-state index in [0.29, 0.717) is 11.6 Å². The Bertz CT molecular complexity index is 646. The van der Waals surface area contributed by atoms with E-state index in [-0.39, 0.29) is 18.0 Å². The van der Waals surface area contributed by atoms with E-state index < -0.39 is 4.92 Å². The molecule has 1 heterocycles. The Hall–Kier alpha value is -2.83. The van der Waals surface area contributed by atoms with Gasteiger partial charge in [0.25, 0.3) is 0 Å². The first-order valence-corrected chi connectivity index (χ1v) is 6.22. The van der Waals surface area contributed by atoms with Gasteiger partial charge in [-0.3, -0.25) is 10.1 Å². The van der Waals surface area contributed by atoms with E-state index in [1.165, 1.54) is 25.3 Å². The van der Waals surface area contributed by atoms with Crippen LogP contribution in [0, 0.1) is 10.1 Å². The number of hydrogen-bond acceptors (Lipinski definition) is 6. The van der Waals surface area contributed by atoms with Gasteiger partial charge in [0, 0.05) is 25.4 Å². The minimum absolute atomic E-state index is 0.0984. The molecule has 0 saturated carbocycles. The van der Waals surface area contributed by atoms with Gasteiger partial charge in [0.05, 0.1) is 12.0 Å². The fourth-order valence-corrected chi connectivity index (χ4v) is 1.75. The van der Waals surface area contributed by atoms with Crippen molar-refractivity contribution >= 4 is 11.5 Å². The predicted molar refractivity (Wildman–Crippen MR) is 77.8 cm³/mol. The second kappa shape index (κ2) is 6.56. The highest BCUT2D eigenvalue weighted by atomic mass is 16.6. The zero-order valence-electron chi connectivity index (χ0n) is 11.7. The van der Waals surface area contributed by atoms with Crippen molar-refractivity contribution in [3.8, 4) is 11.5 Å². The standard InChI is InChI=1S/C14H15N3O4/c1-15-14-7-10(5-6-16-14)9-21-13-8-11(20-2)3-4-12(13)17(18)19/h3-8H,9H2,1-2H3,(H,15,16). The van der Waals surface area contributed by atoms with Crippen LogP contribution in [0.3, 0.4) is 0 Å². The van der Waals surface area contributed by atoms with Crippen LogP contribution in [-0.2, 0) is 6.61 Å². The number of anilines is 1. The Morgan fingerprint density at radius 1 is 1.33 bits per heavy atom. The van der Waals surface area contributed by atoms with Crippen molar-refractivity contribution < 1.29 is 14.4 Å². The molecule has 2 aromatic rings. The number of nitrogens with zero attached hydrogens (tertiary/aromatic N) is 2. The number of benzene rings is 1. The van der Waals surface area contributed by atoms with Gasteiger partial charge in [0.2, 0.25) is 5.75 Å². The van der Waals surface area contributed by atoms with Crippen LogP contribution in [0.25, 0.3) is 0 Å². The highest BCUT2D eigenvalue weighted by Gasteiger charge is 2.16. The van der Waals surface area contributed by atoms with Gasteiger partial charge in [-0.25, -0.2) is 4.98 Å². The van der Waals surface area contributed by atoms with E-state index in [1.807, 2.05) is 6.07 Å². The second-order valence-electron chi connectivity index (χ2n) is 4.18. The monoisotopic (exact) mass is 289 g/mol. The molecule has 1 aromatic heterocycles. The molecule has 0 aliphatic carbocycles.